The topological polar surface area (TPSA) is 56.4 Å². The van der Waals surface area contributed by atoms with Gasteiger partial charge in [0.15, 0.2) is 5.65 Å². The quantitative estimate of drug-likeness (QED) is 0.571. The molecule has 0 saturated carbocycles. The molecule has 0 bridgehead atoms. The third-order valence-electron chi connectivity index (χ3n) is 2.35. The Morgan fingerprint density at radius 1 is 1.33 bits per heavy atom. The molecule has 0 N–H and O–H groups in total. The zero-order chi connectivity index (χ0) is 11.2. The molecule has 5 nitrogen and oxygen atoms in total. The van der Waals surface area contributed by atoms with Gasteiger partial charge in [0.05, 0.1) is 5.22 Å². The summed E-state index contributed by atoms with van der Waals surface area (Å²) >= 11 is 0. The first-order valence-electron chi connectivity index (χ1n) is 4.58. The molecule has 0 aliphatic rings. The van der Waals surface area contributed by atoms with E-state index in [-0.39, 0.29) is 11.1 Å². The van der Waals surface area contributed by atoms with Crippen molar-refractivity contribution < 1.29 is 0 Å². The molecule has 2 heterocycles. The van der Waals surface area contributed by atoms with Crippen LogP contribution >= 0.6 is 0 Å². The number of aryl methyl sites for hydroxylation is 1. The summed E-state index contributed by atoms with van der Waals surface area (Å²) in [6, 6.07) is 1.33. The molecule has 0 spiro atoms. The van der Waals surface area contributed by atoms with Crippen molar-refractivity contribution in [2.45, 2.75) is 13.8 Å². The third kappa shape index (κ3) is 1.20. The number of rotatable bonds is 0. The van der Waals surface area contributed by atoms with Gasteiger partial charge in [-0.3, -0.25) is 9.59 Å². The monoisotopic (exact) mass is 205 g/mol. The first-order valence-corrected chi connectivity index (χ1v) is 4.58. The summed E-state index contributed by atoms with van der Waals surface area (Å²) < 4.78 is 2.57. The number of hydrogen-bond donors (Lipinski definition) is 0. The lowest BCUT2D eigenvalue weighted by Gasteiger charge is -1.94. The van der Waals surface area contributed by atoms with Gasteiger partial charge in [-0.25, -0.2) is 9.67 Å². The molecule has 0 aliphatic carbocycles. The molecule has 0 saturated heterocycles. The van der Waals surface area contributed by atoms with Crippen molar-refractivity contribution in [3.05, 3.63) is 38.2 Å². The lowest BCUT2D eigenvalue weighted by Crippen LogP contribution is -2.29. The molecule has 78 valence electrons. The van der Waals surface area contributed by atoms with E-state index in [2.05, 4.69) is 4.98 Å². The number of nitrogens with zero attached hydrogens (tertiary/aromatic N) is 3. The first-order chi connectivity index (χ1) is 7.04. The maximum absolute atomic E-state index is 11.8. The molecule has 2 aromatic heterocycles. The van der Waals surface area contributed by atoms with Crippen LogP contribution in [-0.2, 0) is 7.05 Å². The minimum absolute atomic E-state index is 0.189. The van der Waals surface area contributed by atoms with Crippen molar-refractivity contribution in [3.63, 3.8) is 0 Å². The van der Waals surface area contributed by atoms with E-state index in [1.807, 2.05) is 13.8 Å². The molecular weight excluding hydrogens is 194 g/mol. The van der Waals surface area contributed by atoms with Gasteiger partial charge in [-0.05, 0) is 13.8 Å². The van der Waals surface area contributed by atoms with Crippen molar-refractivity contribution in [3.8, 4) is 0 Å². The van der Waals surface area contributed by atoms with Crippen LogP contribution in [-0.4, -0.2) is 14.2 Å². The largest absolute Gasteiger partial charge is 0.276 e. The Hall–Kier alpha value is -1.91. The minimum Gasteiger partial charge on any atom is -0.267 e. The molecule has 15 heavy (non-hydrogen) atoms. The van der Waals surface area contributed by atoms with Crippen molar-refractivity contribution in [1.29, 1.82) is 0 Å². The van der Waals surface area contributed by atoms with Crippen LogP contribution in [0.5, 0.6) is 0 Å². The smallest absolute Gasteiger partial charge is 0.267 e. The summed E-state index contributed by atoms with van der Waals surface area (Å²) in [6.45, 7) is 3.66. The highest BCUT2D eigenvalue weighted by atomic mass is 16.2. The van der Waals surface area contributed by atoms with Crippen LogP contribution in [0.25, 0.3) is 11.2 Å². The maximum atomic E-state index is 11.8. The van der Waals surface area contributed by atoms with Crippen LogP contribution in [0.4, 0.5) is 0 Å². The molecule has 0 unspecified atom stereocenters. The maximum Gasteiger partial charge on any atom is 0.276 e. The van der Waals surface area contributed by atoms with Crippen LogP contribution in [0.2, 0.25) is 0 Å². The van der Waals surface area contributed by atoms with Gasteiger partial charge in [-0.2, -0.15) is 4.52 Å². The third-order valence-corrected chi connectivity index (χ3v) is 2.35. The molecule has 0 radical (unpaired) electrons. The Morgan fingerprint density at radius 2 is 2.00 bits per heavy atom. The van der Waals surface area contributed by atoms with Crippen LogP contribution in [0, 0.1) is 0 Å². The summed E-state index contributed by atoms with van der Waals surface area (Å²) in [7, 11) is 1.56. The standard InChI is InChI=1S/C10H11N3O2/c1-6(2)8-9-11-5-4-7(14)13(9)12(3)10(8)15/h4-5H,1-3H3. The van der Waals surface area contributed by atoms with E-state index in [9.17, 15) is 9.59 Å². The van der Waals surface area contributed by atoms with E-state index in [1.54, 1.807) is 7.05 Å². The van der Waals surface area contributed by atoms with Crippen molar-refractivity contribution >= 4 is 11.2 Å². The van der Waals surface area contributed by atoms with Gasteiger partial charge in [0.25, 0.3) is 11.1 Å². The fourth-order valence-electron chi connectivity index (χ4n) is 1.65. The molecule has 0 aliphatic heterocycles. The second-order valence-electron chi connectivity index (χ2n) is 3.62. The van der Waals surface area contributed by atoms with E-state index in [0.717, 1.165) is 5.57 Å². The summed E-state index contributed by atoms with van der Waals surface area (Å²) in [5.41, 5.74) is 0.851. The van der Waals surface area contributed by atoms with Crippen LogP contribution in [0.15, 0.2) is 21.9 Å². The average Bonchev–Trinajstić information content (AvgIpc) is 2.41. The van der Waals surface area contributed by atoms with E-state index in [1.165, 1.54) is 21.5 Å². The van der Waals surface area contributed by atoms with Gasteiger partial charge >= 0.3 is 0 Å². The average molecular weight is 205 g/mol. The number of aromatic nitrogens is 3. The van der Waals surface area contributed by atoms with Crippen LogP contribution in [0.1, 0.15) is 13.8 Å². The predicted molar refractivity (Wildman–Crippen MR) is 56.7 cm³/mol. The second kappa shape index (κ2) is 3.05. The Bertz CT molecular complexity index is 690. The van der Waals surface area contributed by atoms with E-state index in [0.29, 0.717) is 10.9 Å². The second-order valence-corrected chi connectivity index (χ2v) is 3.62. The molecular formula is C10H11N3O2. The molecule has 0 aromatic carbocycles. The molecule has 5 heteroatoms. The fraction of sp³-hybridized carbons (Fsp3) is 0.300. The highest BCUT2D eigenvalue weighted by Crippen LogP contribution is 1.89. The Morgan fingerprint density at radius 3 is 2.60 bits per heavy atom. The van der Waals surface area contributed by atoms with Crippen LogP contribution < -0.4 is 16.3 Å². The lowest BCUT2D eigenvalue weighted by molar-refractivity contribution is 0.658. The summed E-state index contributed by atoms with van der Waals surface area (Å²) in [4.78, 5) is 27.4. The summed E-state index contributed by atoms with van der Waals surface area (Å²) in [5.74, 6) is 0. The summed E-state index contributed by atoms with van der Waals surface area (Å²) in [5, 5.41) is 0.509. The minimum atomic E-state index is -0.243. The normalized spacial score (nSPS) is 10.9. The van der Waals surface area contributed by atoms with E-state index >= 15 is 0 Å². The highest BCUT2D eigenvalue weighted by molar-refractivity contribution is 5.51. The van der Waals surface area contributed by atoms with Crippen molar-refractivity contribution in [2.75, 3.05) is 0 Å². The number of fused-ring (bicyclic) bond motifs is 1. The Balaban J connectivity index is 3.32. The summed E-state index contributed by atoms with van der Waals surface area (Å²) in [6.07, 6.45) is 1.42. The molecule has 2 rings (SSSR count). The van der Waals surface area contributed by atoms with Crippen molar-refractivity contribution in [2.24, 2.45) is 7.05 Å². The van der Waals surface area contributed by atoms with Gasteiger partial charge in [0.2, 0.25) is 0 Å². The zero-order valence-electron chi connectivity index (χ0n) is 8.81. The first kappa shape index (κ1) is 9.64. The highest BCUT2D eigenvalue weighted by Gasteiger charge is 2.09. The Kier molecular flexibility index (Phi) is 1.96. The van der Waals surface area contributed by atoms with Crippen molar-refractivity contribution in [1.82, 2.24) is 14.2 Å². The number of hydrogen-bond acceptors (Lipinski definition) is 3. The van der Waals surface area contributed by atoms with Gasteiger partial charge in [0, 0.05) is 19.3 Å². The van der Waals surface area contributed by atoms with Gasteiger partial charge in [-0.15, -0.1) is 0 Å². The van der Waals surface area contributed by atoms with Crippen LogP contribution in [0.3, 0.4) is 0 Å². The molecule has 0 fully saturated rings. The molecule has 2 aromatic rings. The van der Waals surface area contributed by atoms with E-state index < -0.39 is 0 Å². The predicted octanol–water partition coefficient (Wildman–Crippen LogP) is -0.697. The van der Waals surface area contributed by atoms with Gasteiger partial charge in [0.1, 0.15) is 0 Å². The van der Waals surface area contributed by atoms with Gasteiger partial charge < -0.3 is 0 Å². The SMILES string of the molecule is CC(C)=c1c(=O)n(C)n2c(=O)ccnc12. The Labute approximate surface area is 85.3 Å². The molecule has 0 amide bonds. The fourth-order valence-corrected chi connectivity index (χ4v) is 1.65. The van der Waals surface area contributed by atoms with Gasteiger partial charge in [-0.1, -0.05) is 5.57 Å². The zero-order valence-corrected chi connectivity index (χ0v) is 8.81. The van der Waals surface area contributed by atoms with E-state index in [4.69, 9.17) is 0 Å². The molecule has 0 atom stereocenters. The lowest BCUT2D eigenvalue weighted by atomic mass is 10.3.